The molecule has 0 unspecified atom stereocenters. The first-order valence-electron chi connectivity index (χ1n) is 4.08. The van der Waals surface area contributed by atoms with E-state index in [2.05, 4.69) is 10.2 Å². The molecule has 0 amide bonds. The Morgan fingerprint density at radius 2 is 1.93 bits per heavy atom. The summed E-state index contributed by atoms with van der Waals surface area (Å²) in [6.45, 7) is 1.53. The molecule has 2 aromatic rings. The Bertz CT molecular complexity index is 514. The summed E-state index contributed by atoms with van der Waals surface area (Å²) < 4.78 is 38.4. The lowest BCUT2D eigenvalue weighted by Gasteiger charge is -2.07. The highest BCUT2D eigenvalue weighted by atomic mass is 19.4. The Balaban J connectivity index is 2.85. The van der Waals surface area contributed by atoms with E-state index in [1.807, 2.05) is 0 Å². The molecule has 0 aliphatic rings. The van der Waals surface area contributed by atoms with Crippen LogP contribution in [-0.2, 0) is 6.18 Å². The quantitative estimate of drug-likeness (QED) is 0.728. The predicted molar refractivity (Wildman–Crippen MR) is 47.1 cm³/mol. The molecule has 2 aromatic heterocycles. The SMILES string of the molecule is Cc1ccc(N)c2nnc(C(F)(F)F)n12. The lowest BCUT2D eigenvalue weighted by Crippen LogP contribution is -2.12. The van der Waals surface area contributed by atoms with Gasteiger partial charge in [-0.2, -0.15) is 13.2 Å². The van der Waals surface area contributed by atoms with Crippen molar-refractivity contribution in [2.75, 3.05) is 5.73 Å². The summed E-state index contributed by atoms with van der Waals surface area (Å²) in [5.41, 5.74) is 6.08. The first-order valence-corrected chi connectivity index (χ1v) is 4.08. The maximum absolute atomic E-state index is 12.5. The molecule has 2 heterocycles. The molecule has 0 aromatic carbocycles. The summed E-state index contributed by atoms with van der Waals surface area (Å²) in [5, 5.41) is 6.51. The summed E-state index contributed by atoms with van der Waals surface area (Å²) >= 11 is 0. The molecule has 0 radical (unpaired) electrons. The largest absolute Gasteiger partial charge is 0.452 e. The highest BCUT2D eigenvalue weighted by Gasteiger charge is 2.37. The fourth-order valence-corrected chi connectivity index (χ4v) is 1.35. The lowest BCUT2D eigenvalue weighted by molar-refractivity contribution is -0.145. The fourth-order valence-electron chi connectivity index (χ4n) is 1.35. The molecule has 0 saturated carbocycles. The molecular weight excluding hydrogens is 209 g/mol. The number of hydrogen-bond acceptors (Lipinski definition) is 3. The average molecular weight is 216 g/mol. The van der Waals surface area contributed by atoms with Gasteiger partial charge in [0.2, 0.25) is 5.82 Å². The predicted octanol–water partition coefficient (Wildman–Crippen LogP) is 1.64. The number of nitrogens with zero attached hydrogens (tertiary/aromatic N) is 3. The second kappa shape index (κ2) is 2.85. The van der Waals surface area contributed by atoms with Crippen LogP contribution >= 0.6 is 0 Å². The fraction of sp³-hybridized carbons (Fsp3) is 0.250. The van der Waals surface area contributed by atoms with Gasteiger partial charge in [0.25, 0.3) is 0 Å². The number of halogens is 3. The average Bonchev–Trinajstić information content (AvgIpc) is 2.55. The number of rotatable bonds is 0. The van der Waals surface area contributed by atoms with Gasteiger partial charge in [0.1, 0.15) is 0 Å². The second-order valence-corrected chi connectivity index (χ2v) is 3.11. The number of hydrogen-bond donors (Lipinski definition) is 1. The molecule has 0 saturated heterocycles. The Labute approximate surface area is 82.5 Å². The number of pyridine rings is 1. The van der Waals surface area contributed by atoms with E-state index >= 15 is 0 Å². The Kier molecular flexibility index (Phi) is 1.85. The minimum atomic E-state index is -4.53. The van der Waals surface area contributed by atoms with Crippen LogP contribution in [0.4, 0.5) is 18.9 Å². The van der Waals surface area contributed by atoms with Gasteiger partial charge < -0.3 is 5.73 Å². The van der Waals surface area contributed by atoms with Gasteiger partial charge in [-0.05, 0) is 19.1 Å². The Morgan fingerprint density at radius 1 is 1.27 bits per heavy atom. The van der Waals surface area contributed by atoms with Gasteiger partial charge in [-0.15, -0.1) is 10.2 Å². The van der Waals surface area contributed by atoms with Crippen LogP contribution in [0.2, 0.25) is 0 Å². The van der Waals surface area contributed by atoms with Crippen molar-refractivity contribution in [3.63, 3.8) is 0 Å². The molecule has 0 bridgehead atoms. The van der Waals surface area contributed by atoms with E-state index in [0.717, 1.165) is 4.40 Å². The first-order chi connectivity index (χ1) is 6.91. The van der Waals surface area contributed by atoms with Gasteiger partial charge >= 0.3 is 6.18 Å². The smallest absolute Gasteiger partial charge is 0.396 e. The zero-order chi connectivity index (χ0) is 11.2. The maximum Gasteiger partial charge on any atom is 0.452 e. The number of anilines is 1. The van der Waals surface area contributed by atoms with Crippen LogP contribution in [-0.4, -0.2) is 14.6 Å². The zero-order valence-corrected chi connectivity index (χ0v) is 7.71. The van der Waals surface area contributed by atoms with E-state index in [4.69, 9.17) is 5.73 Å². The number of alkyl halides is 3. The molecule has 2 N–H and O–H groups in total. The summed E-state index contributed by atoms with van der Waals surface area (Å²) in [5.74, 6) is -1.05. The van der Waals surface area contributed by atoms with Crippen molar-refractivity contribution in [3.8, 4) is 0 Å². The van der Waals surface area contributed by atoms with Crippen molar-refractivity contribution in [1.29, 1.82) is 0 Å². The van der Waals surface area contributed by atoms with Crippen molar-refractivity contribution in [2.24, 2.45) is 0 Å². The third-order valence-corrected chi connectivity index (χ3v) is 2.03. The van der Waals surface area contributed by atoms with Crippen LogP contribution in [0, 0.1) is 6.92 Å². The van der Waals surface area contributed by atoms with E-state index in [9.17, 15) is 13.2 Å². The number of nitrogens with two attached hydrogens (primary N) is 1. The number of fused-ring (bicyclic) bond motifs is 1. The number of aromatic nitrogens is 3. The van der Waals surface area contributed by atoms with Crippen LogP contribution in [0.25, 0.3) is 5.65 Å². The lowest BCUT2D eigenvalue weighted by atomic mass is 10.3. The summed E-state index contributed by atoms with van der Waals surface area (Å²) in [7, 11) is 0. The third kappa shape index (κ3) is 1.39. The third-order valence-electron chi connectivity index (χ3n) is 2.03. The number of nitrogen functional groups attached to an aromatic ring is 1. The molecule has 15 heavy (non-hydrogen) atoms. The van der Waals surface area contributed by atoms with Crippen molar-refractivity contribution in [2.45, 2.75) is 13.1 Å². The molecule has 0 spiro atoms. The van der Waals surface area contributed by atoms with Crippen LogP contribution in [0.15, 0.2) is 12.1 Å². The van der Waals surface area contributed by atoms with E-state index in [-0.39, 0.29) is 11.3 Å². The van der Waals surface area contributed by atoms with Gasteiger partial charge in [0, 0.05) is 5.69 Å². The summed E-state index contributed by atoms with van der Waals surface area (Å²) in [6, 6.07) is 2.99. The molecule has 4 nitrogen and oxygen atoms in total. The summed E-state index contributed by atoms with van der Waals surface area (Å²) in [4.78, 5) is 0. The molecular formula is C8H7F3N4. The zero-order valence-electron chi connectivity index (χ0n) is 7.71. The van der Waals surface area contributed by atoms with Crippen molar-refractivity contribution >= 4 is 11.3 Å². The van der Waals surface area contributed by atoms with E-state index in [1.54, 1.807) is 0 Å². The maximum atomic E-state index is 12.5. The number of aryl methyl sites for hydroxylation is 1. The highest BCUT2D eigenvalue weighted by Crippen LogP contribution is 2.29. The highest BCUT2D eigenvalue weighted by molar-refractivity contribution is 5.64. The molecule has 80 valence electrons. The van der Waals surface area contributed by atoms with Crippen molar-refractivity contribution in [1.82, 2.24) is 14.6 Å². The molecule has 0 aliphatic heterocycles. The van der Waals surface area contributed by atoms with E-state index < -0.39 is 12.0 Å². The van der Waals surface area contributed by atoms with Gasteiger partial charge in [-0.1, -0.05) is 0 Å². The molecule has 0 atom stereocenters. The molecule has 2 rings (SSSR count). The van der Waals surface area contributed by atoms with Crippen molar-refractivity contribution < 1.29 is 13.2 Å². The minimum Gasteiger partial charge on any atom is -0.396 e. The first kappa shape index (κ1) is 9.75. The second-order valence-electron chi connectivity index (χ2n) is 3.11. The Morgan fingerprint density at radius 3 is 2.53 bits per heavy atom. The molecule has 0 fully saturated rings. The minimum absolute atomic E-state index is 0.0299. The summed E-state index contributed by atoms with van der Waals surface area (Å²) in [6.07, 6.45) is -4.53. The van der Waals surface area contributed by atoms with E-state index in [1.165, 1.54) is 19.1 Å². The standard InChI is InChI=1S/C8H7F3N4/c1-4-2-3-5(12)6-13-14-7(15(4)6)8(9,10)11/h2-3H,12H2,1H3. The van der Waals surface area contributed by atoms with Crippen LogP contribution in [0.5, 0.6) is 0 Å². The molecule has 7 heteroatoms. The Hall–Kier alpha value is -1.79. The topological polar surface area (TPSA) is 56.2 Å². The van der Waals surface area contributed by atoms with Gasteiger partial charge in [0.05, 0.1) is 5.69 Å². The van der Waals surface area contributed by atoms with Gasteiger partial charge in [0.15, 0.2) is 5.65 Å². The van der Waals surface area contributed by atoms with Crippen LogP contribution in [0.1, 0.15) is 11.5 Å². The normalized spacial score (nSPS) is 12.3. The van der Waals surface area contributed by atoms with Crippen LogP contribution in [0.3, 0.4) is 0 Å². The van der Waals surface area contributed by atoms with Gasteiger partial charge in [-0.3, -0.25) is 4.40 Å². The van der Waals surface area contributed by atoms with Gasteiger partial charge in [-0.25, -0.2) is 0 Å². The van der Waals surface area contributed by atoms with Crippen molar-refractivity contribution in [3.05, 3.63) is 23.7 Å². The molecule has 0 aliphatic carbocycles. The monoisotopic (exact) mass is 216 g/mol. The van der Waals surface area contributed by atoms with E-state index in [0.29, 0.717) is 5.69 Å². The van der Waals surface area contributed by atoms with Crippen LogP contribution < -0.4 is 5.73 Å².